The summed E-state index contributed by atoms with van der Waals surface area (Å²) in [6, 6.07) is 7.95. The molecule has 1 aromatic rings. The van der Waals surface area contributed by atoms with Gasteiger partial charge in [-0.15, -0.1) is 0 Å². The molecule has 0 aromatic heterocycles. The Morgan fingerprint density at radius 3 is 2.29 bits per heavy atom. The maximum Gasteiger partial charge on any atom is 0.253 e. The Morgan fingerprint density at radius 1 is 1.14 bits per heavy atom. The van der Waals surface area contributed by atoms with Gasteiger partial charge in [0.2, 0.25) is 5.91 Å². The molecule has 2 rings (SSSR count). The van der Waals surface area contributed by atoms with Crippen molar-refractivity contribution in [1.29, 1.82) is 0 Å². The highest BCUT2D eigenvalue weighted by Gasteiger charge is 2.30. The Labute approximate surface area is 168 Å². The van der Waals surface area contributed by atoms with Crippen molar-refractivity contribution < 1.29 is 14.3 Å². The van der Waals surface area contributed by atoms with Gasteiger partial charge in [-0.2, -0.15) is 0 Å². The lowest BCUT2D eigenvalue weighted by molar-refractivity contribution is -0.130. The fourth-order valence-corrected chi connectivity index (χ4v) is 3.64. The lowest BCUT2D eigenvalue weighted by atomic mass is 10.1. The van der Waals surface area contributed by atoms with Crippen molar-refractivity contribution in [2.75, 3.05) is 47.4 Å². The van der Waals surface area contributed by atoms with Crippen molar-refractivity contribution in [3.05, 3.63) is 41.5 Å². The Bertz CT molecular complexity index is 673. The van der Waals surface area contributed by atoms with Crippen molar-refractivity contribution >= 4 is 17.9 Å². The molecular formula is C22H33N3O3. The second-order valence-corrected chi connectivity index (χ2v) is 7.68. The molecule has 28 heavy (non-hydrogen) atoms. The second-order valence-electron chi connectivity index (χ2n) is 7.68. The molecule has 0 N–H and O–H groups in total. The average molecular weight is 388 g/mol. The van der Waals surface area contributed by atoms with E-state index in [0.717, 1.165) is 38.2 Å². The Hall–Kier alpha value is -2.18. The van der Waals surface area contributed by atoms with Crippen LogP contribution in [0.1, 0.15) is 36.2 Å². The number of ether oxygens (including phenoxy) is 1. The zero-order valence-electron chi connectivity index (χ0n) is 17.7. The van der Waals surface area contributed by atoms with E-state index in [4.69, 9.17) is 4.74 Å². The van der Waals surface area contributed by atoms with E-state index in [1.165, 1.54) is 0 Å². The number of carbonyl (C=O) groups excluding carboxylic acids is 2. The largest absolute Gasteiger partial charge is 0.385 e. The average Bonchev–Trinajstić information content (AvgIpc) is 2.67. The van der Waals surface area contributed by atoms with Crippen LogP contribution in [0.25, 0.3) is 6.08 Å². The molecule has 6 nitrogen and oxygen atoms in total. The molecule has 0 spiro atoms. The number of methoxy groups -OCH3 is 1. The van der Waals surface area contributed by atoms with Crippen molar-refractivity contribution in [3.8, 4) is 0 Å². The summed E-state index contributed by atoms with van der Waals surface area (Å²) in [4.78, 5) is 30.5. The van der Waals surface area contributed by atoms with Gasteiger partial charge in [0, 0.05) is 71.2 Å². The summed E-state index contributed by atoms with van der Waals surface area (Å²) in [5.41, 5.74) is 1.55. The molecule has 0 saturated carbocycles. The number of hydrogen-bond acceptors (Lipinski definition) is 4. The smallest absolute Gasteiger partial charge is 0.253 e. The molecule has 1 heterocycles. The Kier molecular flexibility index (Phi) is 8.20. The van der Waals surface area contributed by atoms with Gasteiger partial charge in [-0.3, -0.25) is 14.5 Å². The standard InChI is InChI=1S/C22H33N3O3/c1-17-15-24(16-18(2)25(17)13-6-14-28-5)21(26)12-9-19-7-10-20(11-8-19)22(27)23(3)4/h7-12,17-18H,6,13-16H2,1-5H3/b12-9+. The molecule has 1 aliphatic rings. The minimum absolute atomic E-state index is 0.0297. The fourth-order valence-electron chi connectivity index (χ4n) is 3.64. The van der Waals surface area contributed by atoms with Crippen LogP contribution in [0.4, 0.5) is 0 Å². The third-order valence-corrected chi connectivity index (χ3v) is 5.16. The number of hydrogen-bond donors (Lipinski definition) is 0. The molecule has 6 heteroatoms. The molecule has 2 unspecified atom stereocenters. The highest BCUT2D eigenvalue weighted by molar-refractivity contribution is 5.94. The van der Waals surface area contributed by atoms with Crippen molar-refractivity contribution in [2.24, 2.45) is 0 Å². The van der Waals surface area contributed by atoms with Gasteiger partial charge in [-0.1, -0.05) is 12.1 Å². The second kappa shape index (κ2) is 10.4. The van der Waals surface area contributed by atoms with E-state index in [-0.39, 0.29) is 11.8 Å². The first-order valence-corrected chi connectivity index (χ1v) is 9.87. The zero-order valence-corrected chi connectivity index (χ0v) is 17.7. The first kappa shape index (κ1) is 22.1. The molecule has 2 atom stereocenters. The lowest BCUT2D eigenvalue weighted by Crippen LogP contribution is -2.58. The summed E-state index contributed by atoms with van der Waals surface area (Å²) in [6.45, 7) is 7.57. The number of rotatable bonds is 7. The predicted molar refractivity (Wildman–Crippen MR) is 112 cm³/mol. The van der Waals surface area contributed by atoms with Crippen LogP contribution < -0.4 is 0 Å². The fraction of sp³-hybridized carbons (Fsp3) is 0.545. The summed E-state index contributed by atoms with van der Waals surface area (Å²) in [6.07, 6.45) is 4.45. The number of amides is 2. The number of carbonyl (C=O) groups is 2. The minimum Gasteiger partial charge on any atom is -0.385 e. The van der Waals surface area contributed by atoms with E-state index in [2.05, 4.69) is 18.7 Å². The van der Waals surface area contributed by atoms with Gasteiger partial charge in [0.15, 0.2) is 0 Å². The third kappa shape index (κ3) is 5.91. The van der Waals surface area contributed by atoms with Crippen molar-refractivity contribution in [1.82, 2.24) is 14.7 Å². The first-order valence-electron chi connectivity index (χ1n) is 9.87. The Morgan fingerprint density at radius 2 is 1.75 bits per heavy atom. The van der Waals surface area contributed by atoms with Crippen LogP contribution in [0.5, 0.6) is 0 Å². The highest BCUT2D eigenvalue weighted by Crippen LogP contribution is 2.17. The van der Waals surface area contributed by atoms with E-state index in [1.54, 1.807) is 44.3 Å². The monoisotopic (exact) mass is 387 g/mol. The van der Waals surface area contributed by atoms with E-state index in [9.17, 15) is 9.59 Å². The summed E-state index contributed by atoms with van der Waals surface area (Å²) in [5.74, 6) is 0.00152. The van der Waals surface area contributed by atoms with Gasteiger partial charge >= 0.3 is 0 Å². The van der Waals surface area contributed by atoms with Crippen LogP contribution in [-0.4, -0.2) is 86.0 Å². The van der Waals surface area contributed by atoms with Crippen LogP contribution in [0.3, 0.4) is 0 Å². The molecular weight excluding hydrogens is 354 g/mol. The lowest BCUT2D eigenvalue weighted by Gasteiger charge is -2.44. The van der Waals surface area contributed by atoms with Crippen LogP contribution in [0.2, 0.25) is 0 Å². The number of benzene rings is 1. The molecule has 1 saturated heterocycles. The molecule has 1 fully saturated rings. The van der Waals surface area contributed by atoms with E-state index >= 15 is 0 Å². The van der Waals surface area contributed by atoms with Gasteiger partial charge in [0.1, 0.15) is 0 Å². The van der Waals surface area contributed by atoms with E-state index in [1.807, 2.05) is 23.1 Å². The van der Waals surface area contributed by atoms with Crippen LogP contribution in [-0.2, 0) is 9.53 Å². The maximum atomic E-state index is 12.6. The quantitative estimate of drug-likeness (QED) is 0.532. The summed E-state index contributed by atoms with van der Waals surface area (Å²) < 4.78 is 5.15. The SMILES string of the molecule is COCCCN1C(C)CN(C(=O)/C=C/c2ccc(C(=O)N(C)C)cc2)CC1C. The number of nitrogens with zero attached hydrogens (tertiary/aromatic N) is 3. The van der Waals surface area contributed by atoms with Crippen LogP contribution in [0.15, 0.2) is 30.3 Å². The van der Waals surface area contributed by atoms with Gasteiger partial charge in [0.25, 0.3) is 5.91 Å². The normalized spacial score (nSPS) is 20.5. The zero-order chi connectivity index (χ0) is 20.7. The van der Waals surface area contributed by atoms with Gasteiger partial charge < -0.3 is 14.5 Å². The predicted octanol–water partition coefficient (Wildman–Crippen LogP) is 2.36. The number of piperazine rings is 1. The molecule has 2 amide bonds. The molecule has 1 aliphatic heterocycles. The topological polar surface area (TPSA) is 53.1 Å². The van der Waals surface area contributed by atoms with Crippen molar-refractivity contribution in [2.45, 2.75) is 32.4 Å². The molecule has 1 aromatic carbocycles. The van der Waals surface area contributed by atoms with E-state index in [0.29, 0.717) is 17.6 Å². The third-order valence-electron chi connectivity index (χ3n) is 5.16. The molecule has 0 bridgehead atoms. The van der Waals surface area contributed by atoms with Crippen LogP contribution in [0, 0.1) is 0 Å². The molecule has 0 aliphatic carbocycles. The highest BCUT2D eigenvalue weighted by atomic mass is 16.5. The minimum atomic E-state index is -0.0297. The Balaban J connectivity index is 1.93. The first-order chi connectivity index (χ1) is 13.3. The summed E-state index contributed by atoms with van der Waals surface area (Å²) in [7, 11) is 5.19. The van der Waals surface area contributed by atoms with Gasteiger partial charge in [-0.05, 0) is 44.0 Å². The van der Waals surface area contributed by atoms with Crippen LogP contribution >= 0.6 is 0 Å². The van der Waals surface area contributed by atoms with E-state index < -0.39 is 0 Å². The molecule has 154 valence electrons. The van der Waals surface area contributed by atoms with Crippen molar-refractivity contribution in [3.63, 3.8) is 0 Å². The van der Waals surface area contributed by atoms with Gasteiger partial charge in [-0.25, -0.2) is 0 Å². The summed E-state index contributed by atoms with van der Waals surface area (Å²) >= 11 is 0. The summed E-state index contributed by atoms with van der Waals surface area (Å²) in [5, 5.41) is 0. The maximum absolute atomic E-state index is 12.6. The molecule has 0 radical (unpaired) electrons. The van der Waals surface area contributed by atoms with Gasteiger partial charge in [0.05, 0.1) is 0 Å².